The van der Waals surface area contributed by atoms with E-state index in [9.17, 15) is 10.1 Å². The van der Waals surface area contributed by atoms with Crippen molar-refractivity contribution >= 4 is 5.91 Å². The van der Waals surface area contributed by atoms with Crippen molar-refractivity contribution in [3.8, 4) is 6.07 Å². The molecule has 0 radical (unpaired) electrons. The van der Waals surface area contributed by atoms with Crippen LogP contribution in [0.15, 0.2) is 0 Å². The highest BCUT2D eigenvalue weighted by Crippen LogP contribution is 2.29. The van der Waals surface area contributed by atoms with Crippen molar-refractivity contribution in [2.24, 2.45) is 5.92 Å². The quantitative estimate of drug-likeness (QED) is 0.794. The lowest BCUT2D eigenvalue weighted by atomic mass is 9.82. The fourth-order valence-corrected chi connectivity index (χ4v) is 2.82. The zero-order valence-electron chi connectivity index (χ0n) is 10.4. The highest BCUT2D eigenvalue weighted by atomic mass is 16.5. The maximum absolute atomic E-state index is 12.1. The molecule has 0 aromatic carbocycles. The van der Waals surface area contributed by atoms with Crippen LogP contribution in [0.2, 0.25) is 0 Å². The number of rotatable bonds is 2. The standard InChI is InChI=1S/C13H20N2O2/c1-10-11(5-8-17-10)12(16)15-13(9-14)6-3-2-4-7-13/h10-11H,2-8H2,1H3,(H,15,16). The van der Waals surface area contributed by atoms with Crippen LogP contribution in [0.4, 0.5) is 0 Å². The summed E-state index contributed by atoms with van der Waals surface area (Å²) in [6.07, 6.45) is 5.56. The number of amides is 1. The van der Waals surface area contributed by atoms with Gasteiger partial charge in [-0.05, 0) is 26.2 Å². The Morgan fingerprint density at radius 2 is 2.12 bits per heavy atom. The largest absolute Gasteiger partial charge is 0.378 e. The van der Waals surface area contributed by atoms with Gasteiger partial charge in [-0.25, -0.2) is 0 Å². The summed E-state index contributed by atoms with van der Waals surface area (Å²) in [7, 11) is 0. The molecular formula is C13H20N2O2. The molecule has 1 saturated carbocycles. The van der Waals surface area contributed by atoms with Crippen molar-refractivity contribution < 1.29 is 9.53 Å². The van der Waals surface area contributed by atoms with Crippen LogP contribution < -0.4 is 5.32 Å². The predicted molar refractivity (Wildman–Crippen MR) is 63.1 cm³/mol. The Morgan fingerprint density at radius 1 is 1.41 bits per heavy atom. The second-order valence-corrected chi connectivity index (χ2v) is 5.21. The van der Waals surface area contributed by atoms with Gasteiger partial charge in [0.1, 0.15) is 5.54 Å². The minimum atomic E-state index is -0.613. The third-order valence-electron chi connectivity index (χ3n) is 4.00. The Morgan fingerprint density at radius 3 is 2.65 bits per heavy atom. The highest BCUT2D eigenvalue weighted by Gasteiger charge is 2.38. The Hall–Kier alpha value is -1.08. The maximum atomic E-state index is 12.1. The number of nitrogens with one attached hydrogen (secondary N) is 1. The number of ether oxygens (including phenoxy) is 1. The molecule has 1 aliphatic heterocycles. The minimum Gasteiger partial charge on any atom is -0.378 e. The smallest absolute Gasteiger partial charge is 0.227 e. The summed E-state index contributed by atoms with van der Waals surface area (Å²) in [5.74, 6) is -0.0828. The summed E-state index contributed by atoms with van der Waals surface area (Å²) in [6, 6.07) is 2.31. The molecule has 2 unspecified atom stereocenters. The molecule has 2 rings (SSSR count). The fourth-order valence-electron chi connectivity index (χ4n) is 2.82. The lowest BCUT2D eigenvalue weighted by Crippen LogP contribution is -2.51. The van der Waals surface area contributed by atoms with Gasteiger partial charge in [0.25, 0.3) is 0 Å². The molecule has 1 amide bonds. The van der Waals surface area contributed by atoms with Gasteiger partial charge in [-0.15, -0.1) is 0 Å². The van der Waals surface area contributed by atoms with Crippen LogP contribution in [-0.4, -0.2) is 24.2 Å². The molecule has 4 nitrogen and oxygen atoms in total. The van der Waals surface area contributed by atoms with Crippen LogP contribution in [0.25, 0.3) is 0 Å². The number of hydrogen-bond donors (Lipinski definition) is 1. The molecule has 0 spiro atoms. The first-order valence-electron chi connectivity index (χ1n) is 6.52. The van der Waals surface area contributed by atoms with Gasteiger partial charge in [0.05, 0.1) is 18.1 Å². The van der Waals surface area contributed by atoms with E-state index in [2.05, 4.69) is 11.4 Å². The van der Waals surface area contributed by atoms with Crippen LogP contribution >= 0.6 is 0 Å². The van der Waals surface area contributed by atoms with Gasteiger partial charge >= 0.3 is 0 Å². The molecule has 94 valence electrons. The molecule has 0 aromatic heterocycles. The van der Waals surface area contributed by atoms with Crippen LogP contribution in [0.5, 0.6) is 0 Å². The Bertz CT molecular complexity index is 329. The van der Waals surface area contributed by atoms with Crippen LogP contribution in [0.3, 0.4) is 0 Å². The minimum absolute atomic E-state index is 0.00144. The van der Waals surface area contributed by atoms with E-state index < -0.39 is 5.54 Å². The molecule has 0 bridgehead atoms. The van der Waals surface area contributed by atoms with Crippen molar-refractivity contribution in [3.63, 3.8) is 0 Å². The molecular weight excluding hydrogens is 216 g/mol. The van der Waals surface area contributed by atoms with Crippen molar-refractivity contribution in [2.45, 2.75) is 57.1 Å². The summed E-state index contributed by atoms with van der Waals surface area (Å²) in [4.78, 5) is 12.1. The molecule has 1 saturated heterocycles. The summed E-state index contributed by atoms with van der Waals surface area (Å²) >= 11 is 0. The molecule has 1 N–H and O–H groups in total. The zero-order valence-corrected chi connectivity index (χ0v) is 10.4. The van der Waals surface area contributed by atoms with Crippen LogP contribution in [0.1, 0.15) is 45.4 Å². The second kappa shape index (κ2) is 5.05. The molecule has 17 heavy (non-hydrogen) atoms. The molecule has 1 heterocycles. The predicted octanol–water partition coefficient (Wildman–Crippen LogP) is 1.75. The van der Waals surface area contributed by atoms with E-state index in [1.807, 2.05) is 6.92 Å². The summed E-state index contributed by atoms with van der Waals surface area (Å²) in [6.45, 7) is 2.58. The summed E-state index contributed by atoms with van der Waals surface area (Å²) in [5, 5.41) is 12.3. The zero-order chi connectivity index (χ0) is 12.3. The van der Waals surface area contributed by atoms with E-state index in [4.69, 9.17) is 4.74 Å². The van der Waals surface area contributed by atoms with Crippen molar-refractivity contribution in [1.29, 1.82) is 5.26 Å². The SMILES string of the molecule is CC1OCCC1C(=O)NC1(C#N)CCCCC1. The average Bonchev–Trinajstić information content (AvgIpc) is 2.77. The van der Waals surface area contributed by atoms with Gasteiger partial charge in [-0.1, -0.05) is 19.3 Å². The maximum Gasteiger partial charge on any atom is 0.227 e. The second-order valence-electron chi connectivity index (χ2n) is 5.21. The molecule has 2 aliphatic rings. The fraction of sp³-hybridized carbons (Fsp3) is 0.846. The van der Waals surface area contributed by atoms with Gasteiger partial charge in [0.2, 0.25) is 5.91 Å². The molecule has 0 aromatic rings. The number of carbonyl (C=O) groups is 1. The van der Waals surface area contributed by atoms with Crippen molar-refractivity contribution in [2.75, 3.05) is 6.61 Å². The van der Waals surface area contributed by atoms with Crippen molar-refractivity contribution in [3.05, 3.63) is 0 Å². The van der Waals surface area contributed by atoms with E-state index in [0.29, 0.717) is 6.61 Å². The normalized spacial score (nSPS) is 31.8. The van der Waals surface area contributed by atoms with E-state index in [0.717, 1.165) is 32.1 Å². The average molecular weight is 236 g/mol. The van der Waals surface area contributed by atoms with Gasteiger partial charge in [-0.3, -0.25) is 4.79 Å². The molecule has 1 aliphatic carbocycles. The van der Waals surface area contributed by atoms with E-state index in [1.165, 1.54) is 6.42 Å². The molecule has 2 fully saturated rings. The third kappa shape index (κ3) is 2.61. The van der Waals surface area contributed by atoms with Crippen LogP contribution in [0, 0.1) is 17.2 Å². The number of hydrogen-bond acceptors (Lipinski definition) is 3. The van der Waals surface area contributed by atoms with Gasteiger partial charge in [0.15, 0.2) is 0 Å². The monoisotopic (exact) mass is 236 g/mol. The molecule has 2 atom stereocenters. The van der Waals surface area contributed by atoms with E-state index >= 15 is 0 Å². The van der Waals surface area contributed by atoms with Crippen molar-refractivity contribution in [1.82, 2.24) is 5.32 Å². The highest BCUT2D eigenvalue weighted by molar-refractivity contribution is 5.80. The van der Waals surface area contributed by atoms with Crippen LogP contribution in [-0.2, 0) is 9.53 Å². The van der Waals surface area contributed by atoms with Gasteiger partial charge in [-0.2, -0.15) is 5.26 Å². The third-order valence-corrected chi connectivity index (χ3v) is 4.00. The molecule has 4 heteroatoms. The summed E-state index contributed by atoms with van der Waals surface area (Å²) < 4.78 is 5.40. The first-order chi connectivity index (χ1) is 8.17. The first-order valence-corrected chi connectivity index (χ1v) is 6.52. The number of nitriles is 1. The number of nitrogens with zero attached hydrogens (tertiary/aromatic N) is 1. The Balaban J connectivity index is 1.99. The lowest BCUT2D eigenvalue weighted by Gasteiger charge is -2.32. The Kier molecular flexibility index (Phi) is 3.68. The first kappa shape index (κ1) is 12.4. The van der Waals surface area contributed by atoms with E-state index in [1.54, 1.807) is 0 Å². The van der Waals surface area contributed by atoms with Gasteiger partial charge in [0, 0.05) is 6.61 Å². The topological polar surface area (TPSA) is 62.1 Å². The summed E-state index contributed by atoms with van der Waals surface area (Å²) in [5.41, 5.74) is -0.613. The Labute approximate surface area is 102 Å². The number of carbonyl (C=O) groups excluding carboxylic acids is 1. The lowest BCUT2D eigenvalue weighted by molar-refractivity contribution is -0.128. The van der Waals surface area contributed by atoms with Gasteiger partial charge < -0.3 is 10.1 Å². The van der Waals surface area contributed by atoms with E-state index in [-0.39, 0.29) is 17.9 Å².